The molecule has 9 heteroatoms. The number of hydrogen-bond acceptors (Lipinski definition) is 8. The van der Waals surface area contributed by atoms with Gasteiger partial charge in [0.05, 0.1) is 68.8 Å². The number of allylic oxidation sites excluding steroid dienone is 1. The fourth-order valence-corrected chi connectivity index (χ4v) is 6.64. The zero-order chi connectivity index (χ0) is 32.9. The van der Waals surface area contributed by atoms with Crippen LogP contribution in [0.1, 0.15) is 54.4 Å². The van der Waals surface area contributed by atoms with Crippen LogP contribution in [0, 0.1) is 5.92 Å². The maximum Gasteiger partial charge on any atom is 0.256 e. The molecule has 9 nitrogen and oxygen atoms in total. The molecule has 1 aliphatic carbocycles. The molecule has 0 radical (unpaired) electrons. The van der Waals surface area contributed by atoms with Crippen LogP contribution in [0.15, 0.2) is 54.6 Å². The molecule has 0 spiro atoms. The monoisotopic (exact) mass is 637 g/mol. The highest BCUT2D eigenvalue weighted by atomic mass is 16.5. The van der Waals surface area contributed by atoms with Crippen LogP contribution < -0.4 is 29.2 Å². The second kappa shape index (κ2) is 14.3. The van der Waals surface area contributed by atoms with E-state index in [9.17, 15) is 4.79 Å². The number of hydrogen-bond donors (Lipinski definition) is 1. The van der Waals surface area contributed by atoms with Crippen molar-refractivity contribution in [3.8, 4) is 23.0 Å². The van der Waals surface area contributed by atoms with Gasteiger partial charge in [0, 0.05) is 36.2 Å². The molecule has 4 aromatic rings. The normalized spacial score (nSPS) is 16.9. The first-order chi connectivity index (χ1) is 22.9. The van der Waals surface area contributed by atoms with Crippen LogP contribution in [0.5, 0.6) is 23.0 Å². The Hall–Kier alpha value is -4.76. The number of morpholine rings is 1. The van der Waals surface area contributed by atoms with Gasteiger partial charge in [-0.2, -0.15) is 0 Å². The lowest BCUT2D eigenvalue weighted by molar-refractivity contribution is 0.102. The van der Waals surface area contributed by atoms with Crippen molar-refractivity contribution in [1.82, 2.24) is 4.98 Å². The molecule has 6 rings (SSSR count). The quantitative estimate of drug-likeness (QED) is 0.194. The molecule has 1 saturated heterocycles. The highest BCUT2D eigenvalue weighted by Crippen LogP contribution is 2.43. The summed E-state index contributed by atoms with van der Waals surface area (Å²) in [6.45, 7) is 9.85. The molecule has 1 aromatic heterocycles. The number of methoxy groups -OCH3 is 2. The Labute approximate surface area is 276 Å². The number of carbonyl (C=O) groups is 1. The maximum absolute atomic E-state index is 14.5. The molecule has 1 amide bonds. The zero-order valence-electron chi connectivity index (χ0n) is 27.9. The smallest absolute Gasteiger partial charge is 0.256 e. The Bertz CT molecular complexity index is 1800. The van der Waals surface area contributed by atoms with Gasteiger partial charge in [0.15, 0.2) is 11.5 Å². The number of ether oxygens (including phenoxy) is 5. The molecule has 1 unspecified atom stereocenters. The van der Waals surface area contributed by atoms with Crippen LogP contribution in [-0.2, 0) is 11.2 Å². The Kier molecular flexibility index (Phi) is 9.82. The number of fused-ring (bicyclic) bond motifs is 2. The van der Waals surface area contributed by atoms with E-state index in [1.807, 2.05) is 68.4 Å². The molecular weight excluding hydrogens is 594 g/mol. The molecule has 1 aliphatic heterocycles. The summed E-state index contributed by atoms with van der Waals surface area (Å²) in [5, 5.41) is 4.03. The first-order valence-corrected chi connectivity index (χ1v) is 16.4. The van der Waals surface area contributed by atoms with Crippen LogP contribution in [0.25, 0.3) is 22.6 Å². The summed E-state index contributed by atoms with van der Waals surface area (Å²) in [5.41, 5.74) is 6.59. The third-order valence-electron chi connectivity index (χ3n) is 8.67. The fourth-order valence-electron chi connectivity index (χ4n) is 6.64. The number of amides is 1. The Morgan fingerprint density at radius 3 is 2.47 bits per heavy atom. The van der Waals surface area contributed by atoms with E-state index in [0.717, 1.165) is 64.9 Å². The summed E-state index contributed by atoms with van der Waals surface area (Å²) in [6.07, 6.45) is 3.65. The van der Waals surface area contributed by atoms with Gasteiger partial charge in [0.2, 0.25) is 0 Å². The lowest BCUT2D eigenvalue weighted by atomic mass is 9.80. The molecule has 0 bridgehead atoms. The second-order valence-corrected chi connectivity index (χ2v) is 11.8. The van der Waals surface area contributed by atoms with Crippen LogP contribution >= 0.6 is 0 Å². The summed E-state index contributed by atoms with van der Waals surface area (Å²) in [4.78, 5) is 21.9. The van der Waals surface area contributed by atoms with Crippen molar-refractivity contribution in [2.45, 2.75) is 33.6 Å². The van der Waals surface area contributed by atoms with Crippen molar-refractivity contribution >= 4 is 39.8 Å². The minimum absolute atomic E-state index is 0.213. The molecule has 0 saturated carbocycles. The van der Waals surface area contributed by atoms with Crippen LogP contribution in [-0.4, -0.2) is 64.6 Å². The highest BCUT2D eigenvalue weighted by molar-refractivity contribution is 6.15. The van der Waals surface area contributed by atoms with Gasteiger partial charge in [-0.3, -0.25) is 4.79 Å². The van der Waals surface area contributed by atoms with Crippen molar-refractivity contribution in [2.75, 3.05) is 64.0 Å². The van der Waals surface area contributed by atoms with Gasteiger partial charge in [-0.05, 0) is 62.0 Å². The molecule has 1 fully saturated rings. The number of benzene rings is 3. The third kappa shape index (κ3) is 6.58. The predicted octanol–water partition coefficient (Wildman–Crippen LogP) is 7.26. The van der Waals surface area contributed by atoms with Gasteiger partial charge >= 0.3 is 0 Å². The summed E-state index contributed by atoms with van der Waals surface area (Å²) >= 11 is 0. The number of carbonyl (C=O) groups excluding carboxylic acids is 1. The summed E-state index contributed by atoms with van der Waals surface area (Å²) in [7, 11) is 3.28. The molecule has 47 heavy (non-hydrogen) atoms. The first kappa shape index (κ1) is 32.2. The number of aromatic nitrogens is 1. The highest BCUT2D eigenvalue weighted by Gasteiger charge is 2.29. The van der Waals surface area contributed by atoms with E-state index in [2.05, 4.69) is 23.2 Å². The Morgan fingerprint density at radius 2 is 1.72 bits per heavy atom. The molecule has 1 atom stereocenters. The van der Waals surface area contributed by atoms with Gasteiger partial charge in [0.25, 0.3) is 5.91 Å². The lowest BCUT2D eigenvalue weighted by Gasteiger charge is -2.31. The number of anilines is 2. The third-order valence-corrected chi connectivity index (χ3v) is 8.67. The van der Waals surface area contributed by atoms with Gasteiger partial charge in [-0.15, -0.1) is 0 Å². The standard InChI is InChI=1S/C38H43N3O6/c1-6-46-33-23-31(41-15-17-45-18-16-41)34(47-7-2)22-30(33)40-38(42)35-27-12-8-9-13-29(27)39-36-26(19-24(3)20-28(35)36)21-25-11-10-14-32(43-4)37(25)44-5/h8-14,21-24H,6-7,15-20H2,1-5H3,(H,40,42)/b26-21-. The van der Waals surface area contributed by atoms with E-state index in [1.165, 1.54) is 0 Å². The van der Waals surface area contributed by atoms with E-state index in [4.69, 9.17) is 28.7 Å². The summed E-state index contributed by atoms with van der Waals surface area (Å²) < 4.78 is 29.1. The second-order valence-electron chi connectivity index (χ2n) is 11.8. The van der Waals surface area contributed by atoms with E-state index < -0.39 is 0 Å². The molecule has 2 aliphatic rings. The largest absolute Gasteiger partial charge is 0.493 e. The van der Waals surface area contributed by atoms with E-state index in [0.29, 0.717) is 60.7 Å². The number of nitrogens with zero attached hydrogens (tertiary/aromatic N) is 2. The van der Waals surface area contributed by atoms with Gasteiger partial charge in [0.1, 0.15) is 11.5 Å². The SMILES string of the molecule is CCOc1cc(N2CCOCC2)c(OCC)cc1NC(=O)c1c2c(nc3ccccc13)/C(=C\c1cccc(OC)c1OC)CC(C)C2. The average molecular weight is 638 g/mol. The van der Waals surface area contributed by atoms with E-state index >= 15 is 0 Å². The van der Waals surface area contributed by atoms with Crippen molar-refractivity contribution in [2.24, 2.45) is 5.92 Å². The minimum Gasteiger partial charge on any atom is -0.493 e. The van der Waals surface area contributed by atoms with Gasteiger partial charge in [-0.25, -0.2) is 4.98 Å². The Morgan fingerprint density at radius 1 is 0.957 bits per heavy atom. The van der Waals surface area contributed by atoms with Crippen molar-refractivity contribution in [3.05, 3.63) is 77.0 Å². The molecule has 1 N–H and O–H groups in total. The number of rotatable bonds is 10. The molecular formula is C38H43N3O6. The molecule has 2 heterocycles. The van der Waals surface area contributed by atoms with E-state index in [-0.39, 0.29) is 11.8 Å². The van der Waals surface area contributed by atoms with Gasteiger partial charge in [-0.1, -0.05) is 37.3 Å². The van der Waals surface area contributed by atoms with Gasteiger partial charge < -0.3 is 33.9 Å². The lowest BCUT2D eigenvalue weighted by Crippen LogP contribution is -2.36. The van der Waals surface area contributed by atoms with Crippen molar-refractivity contribution < 1.29 is 28.5 Å². The molecule has 246 valence electrons. The van der Waals surface area contributed by atoms with E-state index in [1.54, 1.807) is 14.2 Å². The van der Waals surface area contributed by atoms with Crippen LogP contribution in [0.3, 0.4) is 0 Å². The number of para-hydroxylation sites is 2. The summed E-state index contributed by atoms with van der Waals surface area (Å²) in [6, 6.07) is 17.5. The predicted molar refractivity (Wildman–Crippen MR) is 186 cm³/mol. The zero-order valence-corrected chi connectivity index (χ0v) is 27.9. The van der Waals surface area contributed by atoms with Crippen molar-refractivity contribution in [3.63, 3.8) is 0 Å². The fraction of sp³-hybridized carbons (Fsp3) is 0.368. The maximum atomic E-state index is 14.5. The molecule has 3 aromatic carbocycles. The minimum atomic E-state index is -0.213. The van der Waals surface area contributed by atoms with Crippen LogP contribution in [0.2, 0.25) is 0 Å². The van der Waals surface area contributed by atoms with Crippen molar-refractivity contribution in [1.29, 1.82) is 0 Å². The topological polar surface area (TPSA) is 91.4 Å². The summed E-state index contributed by atoms with van der Waals surface area (Å²) in [5.74, 6) is 2.69. The average Bonchev–Trinajstić information content (AvgIpc) is 3.08. The Balaban J connectivity index is 1.47. The first-order valence-electron chi connectivity index (χ1n) is 16.4. The van der Waals surface area contributed by atoms with Crippen LogP contribution in [0.4, 0.5) is 11.4 Å². The number of pyridine rings is 1. The number of nitrogens with one attached hydrogen (secondary N) is 1.